The molecule has 0 aromatic heterocycles. The Hall–Kier alpha value is -1.36. The SMILES string of the molecule is COc1ccc(Br)cc1CC1CCC(=O)NC1=O. The second-order valence-electron chi connectivity index (χ2n) is 4.31. The van der Waals surface area contributed by atoms with E-state index in [0.29, 0.717) is 19.3 Å². The van der Waals surface area contributed by atoms with Crippen molar-refractivity contribution >= 4 is 27.7 Å². The molecule has 5 heteroatoms. The molecule has 4 nitrogen and oxygen atoms in total. The third-order valence-electron chi connectivity index (χ3n) is 3.06. The van der Waals surface area contributed by atoms with Gasteiger partial charge in [0.25, 0.3) is 0 Å². The smallest absolute Gasteiger partial charge is 0.230 e. The third-order valence-corrected chi connectivity index (χ3v) is 3.56. The van der Waals surface area contributed by atoms with Crippen molar-refractivity contribution in [3.63, 3.8) is 0 Å². The van der Waals surface area contributed by atoms with Gasteiger partial charge in [-0.1, -0.05) is 15.9 Å². The van der Waals surface area contributed by atoms with Crippen LogP contribution in [0, 0.1) is 5.92 Å². The molecule has 18 heavy (non-hydrogen) atoms. The standard InChI is InChI=1S/C13H14BrNO3/c1-18-11-4-3-10(14)7-9(11)6-8-2-5-12(16)15-13(8)17/h3-4,7-8H,2,5-6H2,1H3,(H,15,16,17). The number of imide groups is 1. The Morgan fingerprint density at radius 1 is 1.44 bits per heavy atom. The first kappa shape index (κ1) is 13.1. The van der Waals surface area contributed by atoms with Crippen LogP contribution in [0.3, 0.4) is 0 Å². The van der Waals surface area contributed by atoms with Crippen molar-refractivity contribution in [3.8, 4) is 5.75 Å². The largest absolute Gasteiger partial charge is 0.496 e. The summed E-state index contributed by atoms with van der Waals surface area (Å²) in [5.74, 6) is 0.236. The fourth-order valence-corrected chi connectivity index (χ4v) is 2.51. The number of halogens is 1. The number of benzene rings is 1. The average molecular weight is 312 g/mol. The first-order chi connectivity index (χ1) is 8.60. The van der Waals surface area contributed by atoms with E-state index in [0.717, 1.165) is 15.8 Å². The van der Waals surface area contributed by atoms with E-state index in [2.05, 4.69) is 21.2 Å². The number of amides is 2. The number of carbonyl (C=O) groups excluding carboxylic acids is 2. The van der Waals surface area contributed by atoms with E-state index >= 15 is 0 Å². The molecule has 1 atom stereocenters. The zero-order valence-electron chi connectivity index (χ0n) is 10.0. The van der Waals surface area contributed by atoms with Gasteiger partial charge in [0.15, 0.2) is 0 Å². The van der Waals surface area contributed by atoms with Crippen LogP contribution in [-0.2, 0) is 16.0 Å². The first-order valence-corrected chi connectivity index (χ1v) is 6.55. The summed E-state index contributed by atoms with van der Waals surface area (Å²) in [6.45, 7) is 0. The Morgan fingerprint density at radius 2 is 2.22 bits per heavy atom. The quantitative estimate of drug-likeness (QED) is 0.869. The van der Waals surface area contributed by atoms with E-state index in [-0.39, 0.29) is 17.7 Å². The maximum atomic E-state index is 11.7. The molecule has 0 saturated carbocycles. The van der Waals surface area contributed by atoms with Crippen molar-refractivity contribution < 1.29 is 14.3 Å². The van der Waals surface area contributed by atoms with E-state index in [1.54, 1.807) is 7.11 Å². The lowest BCUT2D eigenvalue weighted by molar-refractivity contribution is -0.136. The van der Waals surface area contributed by atoms with Crippen LogP contribution in [0.2, 0.25) is 0 Å². The lowest BCUT2D eigenvalue weighted by Gasteiger charge is -2.21. The molecule has 0 radical (unpaired) electrons. The van der Waals surface area contributed by atoms with Crippen molar-refractivity contribution in [2.45, 2.75) is 19.3 Å². The molecule has 1 aliphatic rings. The molecule has 1 aliphatic heterocycles. The predicted molar refractivity (Wildman–Crippen MR) is 70.3 cm³/mol. The van der Waals surface area contributed by atoms with Crippen molar-refractivity contribution in [3.05, 3.63) is 28.2 Å². The molecule has 1 fully saturated rings. The number of hydrogen-bond donors (Lipinski definition) is 1. The summed E-state index contributed by atoms with van der Waals surface area (Å²) in [6.07, 6.45) is 1.59. The Kier molecular flexibility index (Phi) is 4.01. The fraction of sp³-hybridized carbons (Fsp3) is 0.385. The van der Waals surface area contributed by atoms with Crippen molar-refractivity contribution in [1.82, 2.24) is 5.32 Å². The summed E-state index contributed by atoms with van der Waals surface area (Å²) in [5, 5.41) is 2.37. The van der Waals surface area contributed by atoms with Crippen LogP contribution in [0.15, 0.2) is 22.7 Å². The van der Waals surface area contributed by atoms with Crippen molar-refractivity contribution in [2.24, 2.45) is 5.92 Å². The molecule has 1 aromatic carbocycles. The van der Waals surface area contributed by atoms with Gasteiger partial charge in [-0.05, 0) is 36.6 Å². The maximum Gasteiger partial charge on any atom is 0.230 e. The summed E-state index contributed by atoms with van der Waals surface area (Å²) < 4.78 is 6.23. The van der Waals surface area contributed by atoms with Crippen molar-refractivity contribution in [1.29, 1.82) is 0 Å². The van der Waals surface area contributed by atoms with E-state index in [1.807, 2.05) is 18.2 Å². The normalized spacial score (nSPS) is 19.6. The van der Waals surface area contributed by atoms with Gasteiger partial charge in [0.05, 0.1) is 7.11 Å². The van der Waals surface area contributed by atoms with Crippen LogP contribution in [-0.4, -0.2) is 18.9 Å². The maximum absolute atomic E-state index is 11.7. The highest BCUT2D eigenvalue weighted by Gasteiger charge is 2.27. The number of methoxy groups -OCH3 is 1. The number of carbonyl (C=O) groups is 2. The van der Waals surface area contributed by atoms with E-state index in [4.69, 9.17) is 4.74 Å². The lowest BCUT2D eigenvalue weighted by Crippen LogP contribution is -2.41. The molecule has 0 aliphatic carbocycles. The lowest BCUT2D eigenvalue weighted by atomic mass is 9.91. The molecule has 1 aromatic rings. The number of ether oxygens (including phenoxy) is 1. The van der Waals surface area contributed by atoms with Gasteiger partial charge in [-0.2, -0.15) is 0 Å². The predicted octanol–water partition coefficient (Wildman–Crippen LogP) is 2.05. The second-order valence-corrected chi connectivity index (χ2v) is 5.22. The molecule has 0 spiro atoms. The van der Waals surface area contributed by atoms with Crippen molar-refractivity contribution in [2.75, 3.05) is 7.11 Å². The highest BCUT2D eigenvalue weighted by molar-refractivity contribution is 9.10. The van der Waals surface area contributed by atoms with Gasteiger partial charge in [0, 0.05) is 16.8 Å². The molecule has 1 saturated heterocycles. The van der Waals surface area contributed by atoms with Gasteiger partial charge < -0.3 is 4.74 Å². The minimum Gasteiger partial charge on any atom is -0.496 e. The topological polar surface area (TPSA) is 55.4 Å². The van der Waals surface area contributed by atoms with Gasteiger partial charge in [0.2, 0.25) is 11.8 Å². The van der Waals surface area contributed by atoms with Crippen LogP contribution < -0.4 is 10.1 Å². The van der Waals surface area contributed by atoms with Gasteiger partial charge in [0.1, 0.15) is 5.75 Å². The van der Waals surface area contributed by atoms with Gasteiger partial charge in [-0.3, -0.25) is 14.9 Å². The summed E-state index contributed by atoms with van der Waals surface area (Å²) in [7, 11) is 1.61. The van der Waals surface area contributed by atoms with Gasteiger partial charge in [-0.15, -0.1) is 0 Å². The van der Waals surface area contributed by atoms with Crippen LogP contribution in [0.1, 0.15) is 18.4 Å². The molecule has 0 bridgehead atoms. The van der Waals surface area contributed by atoms with Gasteiger partial charge >= 0.3 is 0 Å². The summed E-state index contributed by atoms with van der Waals surface area (Å²) in [5.41, 5.74) is 0.973. The average Bonchev–Trinajstić information content (AvgIpc) is 2.33. The highest BCUT2D eigenvalue weighted by Crippen LogP contribution is 2.27. The highest BCUT2D eigenvalue weighted by atomic mass is 79.9. The molecular weight excluding hydrogens is 298 g/mol. The van der Waals surface area contributed by atoms with Crippen LogP contribution in [0.5, 0.6) is 5.75 Å². The summed E-state index contributed by atoms with van der Waals surface area (Å²) >= 11 is 3.40. The zero-order chi connectivity index (χ0) is 13.1. The number of rotatable bonds is 3. The zero-order valence-corrected chi connectivity index (χ0v) is 11.6. The van der Waals surface area contributed by atoms with E-state index in [1.165, 1.54) is 0 Å². The molecular formula is C13H14BrNO3. The Labute approximate surface area is 114 Å². The summed E-state index contributed by atoms with van der Waals surface area (Å²) in [4.78, 5) is 22.8. The van der Waals surface area contributed by atoms with Crippen LogP contribution >= 0.6 is 15.9 Å². The van der Waals surface area contributed by atoms with Gasteiger partial charge in [-0.25, -0.2) is 0 Å². The molecule has 1 unspecified atom stereocenters. The molecule has 2 amide bonds. The molecule has 1 heterocycles. The minimum atomic E-state index is -0.187. The third kappa shape index (κ3) is 2.90. The van der Waals surface area contributed by atoms with E-state index in [9.17, 15) is 9.59 Å². The summed E-state index contributed by atoms with van der Waals surface area (Å²) in [6, 6.07) is 5.71. The molecule has 2 rings (SSSR count). The van der Waals surface area contributed by atoms with Crippen LogP contribution in [0.25, 0.3) is 0 Å². The number of nitrogens with one attached hydrogen (secondary N) is 1. The second kappa shape index (κ2) is 5.52. The Bertz CT molecular complexity index is 487. The molecule has 1 N–H and O–H groups in total. The van der Waals surface area contributed by atoms with E-state index < -0.39 is 0 Å². The first-order valence-electron chi connectivity index (χ1n) is 5.76. The van der Waals surface area contributed by atoms with Crippen LogP contribution in [0.4, 0.5) is 0 Å². The number of piperidine rings is 1. The Morgan fingerprint density at radius 3 is 2.89 bits per heavy atom. The monoisotopic (exact) mass is 311 g/mol. The Balaban J connectivity index is 2.16. The number of hydrogen-bond acceptors (Lipinski definition) is 3. The minimum absolute atomic E-state index is 0.161. The fourth-order valence-electron chi connectivity index (χ4n) is 2.11. The molecule has 96 valence electrons.